The van der Waals surface area contributed by atoms with Crippen LogP contribution in [0.4, 0.5) is 0 Å². The smallest absolute Gasteiger partial charge is 0.228 e. The number of amides is 1. The van der Waals surface area contributed by atoms with Crippen LogP contribution in [-0.2, 0) is 4.79 Å². The molecule has 0 aromatic carbocycles. The van der Waals surface area contributed by atoms with Gasteiger partial charge in [0.1, 0.15) is 0 Å². The highest BCUT2D eigenvalue weighted by molar-refractivity contribution is 5.80. The Hall–Kier alpha value is -1.46. The maximum absolute atomic E-state index is 13.2. The van der Waals surface area contributed by atoms with Crippen LogP contribution >= 0.6 is 0 Å². The summed E-state index contributed by atoms with van der Waals surface area (Å²) in [7, 11) is 0. The van der Waals surface area contributed by atoms with Gasteiger partial charge < -0.3 is 10.6 Å². The minimum atomic E-state index is -0.0341. The zero-order valence-corrected chi connectivity index (χ0v) is 15.7. The summed E-state index contributed by atoms with van der Waals surface area (Å²) in [4.78, 5) is 22.3. The molecule has 3 atom stereocenters. The second-order valence-corrected chi connectivity index (χ2v) is 8.37. The molecule has 0 bridgehead atoms. The lowest BCUT2D eigenvalue weighted by atomic mass is 9.87. The van der Waals surface area contributed by atoms with Crippen LogP contribution in [0.15, 0.2) is 24.4 Å². The van der Waals surface area contributed by atoms with E-state index < -0.39 is 0 Å². The first kappa shape index (κ1) is 17.9. The van der Waals surface area contributed by atoms with Crippen LogP contribution in [0.25, 0.3) is 0 Å². The average molecular weight is 357 g/mol. The van der Waals surface area contributed by atoms with Crippen molar-refractivity contribution in [2.75, 3.05) is 26.2 Å². The van der Waals surface area contributed by atoms with Gasteiger partial charge in [-0.1, -0.05) is 25.3 Å². The second-order valence-electron chi connectivity index (χ2n) is 8.37. The van der Waals surface area contributed by atoms with Gasteiger partial charge in [-0.25, -0.2) is 0 Å². The summed E-state index contributed by atoms with van der Waals surface area (Å²) in [5, 5.41) is 0. The zero-order chi connectivity index (χ0) is 17.9. The van der Waals surface area contributed by atoms with Crippen LogP contribution in [-0.4, -0.2) is 59.0 Å². The fourth-order valence-electron chi connectivity index (χ4n) is 5.09. The molecule has 0 radical (unpaired) electrons. The molecular formula is C21H32N4O. The van der Waals surface area contributed by atoms with E-state index in [0.717, 1.165) is 44.7 Å². The molecule has 4 rings (SSSR count). The van der Waals surface area contributed by atoms with Crippen molar-refractivity contribution in [2.24, 2.45) is 11.7 Å². The first-order valence-corrected chi connectivity index (χ1v) is 10.4. The molecule has 1 saturated carbocycles. The Bertz CT molecular complexity index is 601. The monoisotopic (exact) mass is 356 g/mol. The Morgan fingerprint density at radius 2 is 1.88 bits per heavy atom. The van der Waals surface area contributed by atoms with E-state index in [0.29, 0.717) is 12.0 Å². The number of likely N-dealkylation sites (tertiary alicyclic amines) is 2. The van der Waals surface area contributed by atoms with Gasteiger partial charge in [-0.2, -0.15) is 0 Å². The molecule has 2 saturated heterocycles. The Morgan fingerprint density at radius 3 is 2.65 bits per heavy atom. The zero-order valence-electron chi connectivity index (χ0n) is 15.7. The number of rotatable bonds is 3. The summed E-state index contributed by atoms with van der Waals surface area (Å²) in [6, 6.07) is 6.74. The molecule has 26 heavy (non-hydrogen) atoms. The van der Waals surface area contributed by atoms with Gasteiger partial charge in [0.05, 0.1) is 5.92 Å². The second kappa shape index (κ2) is 8.05. The van der Waals surface area contributed by atoms with Crippen molar-refractivity contribution in [3.63, 3.8) is 0 Å². The van der Waals surface area contributed by atoms with E-state index >= 15 is 0 Å². The number of nitrogens with two attached hydrogens (primary N) is 1. The lowest BCUT2D eigenvalue weighted by Crippen LogP contribution is -2.56. The van der Waals surface area contributed by atoms with Gasteiger partial charge in [0, 0.05) is 49.5 Å². The van der Waals surface area contributed by atoms with Gasteiger partial charge in [-0.15, -0.1) is 0 Å². The third kappa shape index (κ3) is 3.79. The van der Waals surface area contributed by atoms with Gasteiger partial charge in [-0.3, -0.25) is 14.7 Å². The van der Waals surface area contributed by atoms with Crippen molar-refractivity contribution in [2.45, 2.75) is 62.9 Å². The highest BCUT2D eigenvalue weighted by Crippen LogP contribution is 2.30. The first-order valence-electron chi connectivity index (χ1n) is 10.4. The van der Waals surface area contributed by atoms with Gasteiger partial charge in [0.2, 0.25) is 5.91 Å². The summed E-state index contributed by atoms with van der Waals surface area (Å²) in [5.41, 5.74) is 7.51. The normalized spacial score (nSPS) is 31.3. The maximum atomic E-state index is 13.2. The number of carbonyl (C=O) groups excluding carboxylic acids is 1. The van der Waals surface area contributed by atoms with Crippen molar-refractivity contribution in [1.29, 1.82) is 0 Å². The van der Waals surface area contributed by atoms with E-state index in [1.807, 2.05) is 23.2 Å². The van der Waals surface area contributed by atoms with E-state index in [1.54, 1.807) is 0 Å². The Balaban J connectivity index is 1.38. The predicted octanol–water partition coefficient (Wildman–Crippen LogP) is 2.38. The molecule has 2 aliphatic heterocycles. The van der Waals surface area contributed by atoms with Crippen LogP contribution < -0.4 is 5.73 Å². The van der Waals surface area contributed by atoms with E-state index in [2.05, 4.69) is 16.0 Å². The van der Waals surface area contributed by atoms with Gasteiger partial charge in [0.25, 0.3) is 0 Å². The molecule has 2 N–H and O–H groups in total. The number of aromatic nitrogens is 1. The van der Waals surface area contributed by atoms with Crippen LogP contribution in [0, 0.1) is 5.92 Å². The molecule has 1 aromatic heterocycles. The summed E-state index contributed by atoms with van der Waals surface area (Å²) in [6.45, 7) is 3.55. The number of hydrogen-bond acceptors (Lipinski definition) is 4. The number of hydrogen-bond donors (Lipinski definition) is 1. The summed E-state index contributed by atoms with van der Waals surface area (Å²) in [6.07, 6.45) is 10.4. The highest BCUT2D eigenvalue weighted by Gasteiger charge is 2.39. The SMILES string of the molecule is N[C@@H]1CCN(C2CCCCC2)C[C@H]1C(=O)N1CCC(c2ccccn2)C1. The van der Waals surface area contributed by atoms with Crippen molar-refractivity contribution in [3.05, 3.63) is 30.1 Å². The lowest BCUT2D eigenvalue weighted by molar-refractivity contribution is -0.137. The molecule has 1 unspecified atom stereocenters. The molecule has 3 heterocycles. The van der Waals surface area contributed by atoms with Crippen molar-refractivity contribution in [3.8, 4) is 0 Å². The maximum Gasteiger partial charge on any atom is 0.228 e. The molecule has 3 aliphatic rings. The molecule has 5 heteroatoms. The van der Waals surface area contributed by atoms with Gasteiger partial charge in [0.15, 0.2) is 0 Å². The standard InChI is InChI=1S/C21H32N4O/c22-19-10-13-24(17-6-2-1-3-7-17)15-18(19)21(26)25-12-9-16(14-25)20-8-4-5-11-23-20/h4-5,8,11,16-19H,1-3,6-7,9-10,12-15,22H2/t16?,18-,19-/m1/s1. The summed E-state index contributed by atoms with van der Waals surface area (Å²) < 4.78 is 0. The molecule has 1 amide bonds. The molecule has 0 spiro atoms. The topological polar surface area (TPSA) is 62.5 Å². The Labute approximate surface area is 156 Å². The Kier molecular flexibility index (Phi) is 5.55. The van der Waals surface area contributed by atoms with E-state index in [9.17, 15) is 4.79 Å². The number of carbonyl (C=O) groups is 1. The van der Waals surface area contributed by atoms with E-state index in [4.69, 9.17) is 5.73 Å². The number of pyridine rings is 1. The number of piperidine rings is 1. The summed E-state index contributed by atoms with van der Waals surface area (Å²) in [5.74, 6) is 0.610. The van der Waals surface area contributed by atoms with Gasteiger partial charge in [-0.05, 0) is 44.4 Å². The fraction of sp³-hybridized carbons (Fsp3) is 0.714. The number of nitrogens with zero attached hydrogens (tertiary/aromatic N) is 3. The lowest BCUT2D eigenvalue weighted by Gasteiger charge is -2.42. The van der Waals surface area contributed by atoms with Crippen LogP contribution in [0.2, 0.25) is 0 Å². The molecular weight excluding hydrogens is 324 g/mol. The molecule has 3 fully saturated rings. The molecule has 1 aliphatic carbocycles. The van der Waals surface area contributed by atoms with E-state index in [-0.39, 0.29) is 17.9 Å². The molecule has 5 nitrogen and oxygen atoms in total. The van der Waals surface area contributed by atoms with Crippen molar-refractivity contribution in [1.82, 2.24) is 14.8 Å². The van der Waals surface area contributed by atoms with Crippen LogP contribution in [0.3, 0.4) is 0 Å². The van der Waals surface area contributed by atoms with Crippen LogP contribution in [0.1, 0.15) is 56.6 Å². The predicted molar refractivity (Wildman–Crippen MR) is 103 cm³/mol. The third-order valence-corrected chi connectivity index (χ3v) is 6.71. The minimum absolute atomic E-state index is 0.0104. The van der Waals surface area contributed by atoms with Crippen molar-refractivity contribution >= 4 is 5.91 Å². The largest absolute Gasteiger partial charge is 0.342 e. The first-order chi connectivity index (χ1) is 12.7. The summed E-state index contributed by atoms with van der Waals surface area (Å²) >= 11 is 0. The fourth-order valence-corrected chi connectivity index (χ4v) is 5.09. The van der Waals surface area contributed by atoms with Crippen molar-refractivity contribution < 1.29 is 4.79 Å². The average Bonchev–Trinajstić information content (AvgIpc) is 3.19. The quantitative estimate of drug-likeness (QED) is 0.903. The highest BCUT2D eigenvalue weighted by atomic mass is 16.2. The third-order valence-electron chi connectivity index (χ3n) is 6.71. The van der Waals surface area contributed by atoms with Crippen LogP contribution in [0.5, 0.6) is 0 Å². The van der Waals surface area contributed by atoms with E-state index in [1.165, 1.54) is 32.1 Å². The Morgan fingerprint density at radius 1 is 1.04 bits per heavy atom. The molecule has 142 valence electrons. The molecule has 1 aromatic rings. The minimum Gasteiger partial charge on any atom is -0.342 e. The van der Waals surface area contributed by atoms with Gasteiger partial charge >= 0.3 is 0 Å².